The molecule has 0 aliphatic carbocycles. The summed E-state index contributed by atoms with van der Waals surface area (Å²) in [4.78, 5) is 11.0. The van der Waals surface area contributed by atoms with Crippen molar-refractivity contribution in [2.45, 2.75) is 87.1 Å². The van der Waals surface area contributed by atoms with E-state index in [1.165, 1.54) is 6.08 Å². The highest BCUT2D eigenvalue weighted by Crippen LogP contribution is 2.28. The molecule has 198 valence electrons. The molecule has 0 unspecified atom stereocenters. The van der Waals surface area contributed by atoms with Crippen molar-refractivity contribution >= 4 is 5.91 Å². The van der Waals surface area contributed by atoms with Gasteiger partial charge < -0.3 is 60.0 Å². The first-order valence-corrected chi connectivity index (χ1v) is 11.3. The summed E-state index contributed by atoms with van der Waals surface area (Å²) in [6.07, 6.45) is -10.8. The Morgan fingerprint density at radius 2 is 1.38 bits per heavy atom. The average molecular weight is 496 g/mol. The Kier molecular flexibility index (Phi) is 12.2. The molecule has 0 aromatic heterocycles. The third-order valence-electron chi connectivity index (χ3n) is 5.77. The van der Waals surface area contributed by atoms with Crippen LogP contribution in [0, 0.1) is 0 Å². The third-order valence-corrected chi connectivity index (χ3v) is 5.77. The van der Waals surface area contributed by atoms with Gasteiger partial charge in [-0.3, -0.25) is 4.79 Å². The van der Waals surface area contributed by atoms with Gasteiger partial charge in [0, 0.05) is 13.2 Å². The fourth-order valence-electron chi connectivity index (χ4n) is 3.64. The van der Waals surface area contributed by atoms with Gasteiger partial charge in [-0.05, 0) is 18.9 Å². The fourth-order valence-corrected chi connectivity index (χ4v) is 3.64. The maximum absolute atomic E-state index is 11.0. The highest BCUT2D eigenvalue weighted by atomic mass is 16.8. The summed E-state index contributed by atoms with van der Waals surface area (Å²) in [7, 11) is 0. The van der Waals surface area contributed by atoms with Gasteiger partial charge in [-0.15, -0.1) is 0 Å². The van der Waals surface area contributed by atoms with E-state index in [1.54, 1.807) is 0 Å². The molecular weight excluding hydrogens is 458 g/mol. The molecule has 0 saturated carbocycles. The number of unbranched alkanes of at least 4 members (excludes halogenated alkanes) is 3. The van der Waals surface area contributed by atoms with Crippen LogP contribution in [-0.2, 0) is 23.7 Å². The smallest absolute Gasteiger partial charge is 0.243 e. The standard InChI is InChI=1S/C21H37NO12/c1-2-13(24)22-7-5-3-4-6-8-31-10-12-15(26)17(28)19(30)21(33-12)34-20-18(29)16(27)14(25)11(9-23)32-20/h2,11-12,14-21,23,25-30H,1,3-10H2,(H,22,24)/t11-,12-,14-,15-,16+,17+,18-,19-,20-,21-/m1/s1. The van der Waals surface area contributed by atoms with Crippen LogP contribution in [0.3, 0.4) is 0 Å². The number of rotatable bonds is 13. The second-order valence-electron chi connectivity index (χ2n) is 8.33. The van der Waals surface area contributed by atoms with Crippen molar-refractivity contribution in [1.82, 2.24) is 5.32 Å². The topological polar surface area (TPSA) is 208 Å². The Hall–Kier alpha value is -1.23. The second-order valence-corrected chi connectivity index (χ2v) is 8.33. The van der Waals surface area contributed by atoms with E-state index in [-0.39, 0.29) is 12.5 Å². The Bertz CT molecular complexity index is 623. The minimum absolute atomic E-state index is 0.116. The lowest BCUT2D eigenvalue weighted by molar-refractivity contribution is -0.377. The van der Waals surface area contributed by atoms with Crippen LogP contribution in [0.5, 0.6) is 0 Å². The fraction of sp³-hybridized carbons (Fsp3) is 0.857. The SMILES string of the molecule is C=CC(=O)NCCCCCCOC[C@H]1O[C@H](O[C@H]2O[C@H](CO)[C@@H](O)[C@H](O)[C@H]2O)[C@H](O)[C@@H](O)[C@@H]1O. The molecule has 2 rings (SSSR count). The van der Waals surface area contributed by atoms with Gasteiger partial charge >= 0.3 is 0 Å². The summed E-state index contributed by atoms with van der Waals surface area (Å²) >= 11 is 0. The van der Waals surface area contributed by atoms with Crippen LogP contribution < -0.4 is 5.32 Å². The zero-order valence-corrected chi connectivity index (χ0v) is 18.9. The Balaban J connectivity index is 1.76. The van der Waals surface area contributed by atoms with Crippen LogP contribution in [-0.4, -0.2) is 129 Å². The lowest BCUT2D eigenvalue weighted by Crippen LogP contribution is -2.63. The molecule has 2 heterocycles. The zero-order chi connectivity index (χ0) is 25.3. The van der Waals surface area contributed by atoms with E-state index < -0.39 is 68.0 Å². The first kappa shape index (κ1) is 29.0. The maximum Gasteiger partial charge on any atom is 0.243 e. The molecule has 2 aliphatic heterocycles. The second kappa shape index (κ2) is 14.4. The van der Waals surface area contributed by atoms with Crippen molar-refractivity contribution in [3.63, 3.8) is 0 Å². The molecule has 2 saturated heterocycles. The number of carbonyl (C=O) groups is 1. The van der Waals surface area contributed by atoms with Gasteiger partial charge in [0.2, 0.25) is 5.91 Å². The Labute approximate surface area is 197 Å². The largest absolute Gasteiger partial charge is 0.394 e. The highest BCUT2D eigenvalue weighted by molar-refractivity contribution is 5.86. The summed E-state index contributed by atoms with van der Waals surface area (Å²) in [6, 6.07) is 0. The highest BCUT2D eigenvalue weighted by Gasteiger charge is 2.49. The van der Waals surface area contributed by atoms with E-state index in [0.717, 1.165) is 19.3 Å². The van der Waals surface area contributed by atoms with Crippen molar-refractivity contribution < 1.29 is 59.5 Å². The van der Waals surface area contributed by atoms with E-state index in [9.17, 15) is 40.5 Å². The van der Waals surface area contributed by atoms with Crippen LogP contribution >= 0.6 is 0 Å². The summed E-state index contributed by atoms with van der Waals surface area (Å²) < 4.78 is 21.6. The molecule has 13 heteroatoms. The van der Waals surface area contributed by atoms with Crippen LogP contribution in [0.2, 0.25) is 0 Å². The summed E-state index contributed by atoms with van der Waals surface area (Å²) in [5.41, 5.74) is 0. The zero-order valence-electron chi connectivity index (χ0n) is 18.9. The molecule has 13 nitrogen and oxygen atoms in total. The van der Waals surface area contributed by atoms with E-state index >= 15 is 0 Å². The molecule has 10 atom stereocenters. The van der Waals surface area contributed by atoms with Crippen LogP contribution in [0.25, 0.3) is 0 Å². The van der Waals surface area contributed by atoms with Gasteiger partial charge in [-0.25, -0.2) is 0 Å². The van der Waals surface area contributed by atoms with Crippen molar-refractivity contribution in [1.29, 1.82) is 0 Å². The first-order chi connectivity index (χ1) is 16.2. The minimum atomic E-state index is -1.72. The predicted octanol–water partition coefficient (Wildman–Crippen LogP) is -3.51. The number of hydrogen-bond acceptors (Lipinski definition) is 12. The molecule has 8 N–H and O–H groups in total. The van der Waals surface area contributed by atoms with Crippen molar-refractivity contribution in [2.24, 2.45) is 0 Å². The normalized spacial score (nSPS) is 38.4. The molecule has 0 spiro atoms. The molecule has 0 radical (unpaired) electrons. The van der Waals surface area contributed by atoms with Gasteiger partial charge in [-0.2, -0.15) is 0 Å². The number of aliphatic hydroxyl groups excluding tert-OH is 7. The summed E-state index contributed by atoms with van der Waals surface area (Å²) in [5, 5.41) is 72.4. The van der Waals surface area contributed by atoms with Gasteiger partial charge in [0.25, 0.3) is 0 Å². The number of hydrogen-bond donors (Lipinski definition) is 8. The van der Waals surface area contributed by atoms with Crippen LogP contribution in [0.4, 0.5) is 0 Å². The maximum atomic E-state index is 11.0. The predicted molar refractivity (Wildman–Crippen MR) is 114 cm³/mol. The number of amides is 1. The van der Waals surface area contributed by atoms with E-state index in [2.05, 4.69) is 11.9 Å². The lowest BCUT2D eigenvalue weighted by Gasteiger charge is -2.44. The summed E-state index contributed by atoms with van der Waals surface area (Å²) in [6.45, 7) is 3.50. The van der Waals surface area contributed by atoms with Gasteiger partial charge in [0.05, 0.1) is 13.2 Å². The molecular formula is C21H37NO12. The van der Waals surface area contributed by atoms with Crippen molar-refractivity contribution in [3.05, 3.63) is 12.7 Å². The monoisotopic (exact) mass is 495 g/mol. The molecule has 0 aromatic carbocycles. The first-order valence-electron chi connectivity index (χ1n) is 11.3. The van der Waals surface area contributed by atoms with Crippen LogP contribution in [0.15, 0.2) is 12.7 Å². The summed E-state index contributed by atoms with van der Waals surface area (Å²) in [5.74, 6) is -0.212. The average Bonchev–Trinajstić information content (AvgIpc) is 2.83. The van der Waals surface area contributed by atoms with Gasteiger partial charge in [0.1, 0.15) is 48.8 Å². The molecule has 34 heavy (non-hydrogen) atoms. The third kappa shape index (κ3) is 7.90. The van der Waals surface area contributed by atoms with Crippen molar-refractivity contribution in [2.75, 3.05) is 26.4 Å². The van der Waals surface area contributed by atoms with E-state index in [4.69, 9.17) is 18.9 Å². The van der Waals surface area contributed by atoms with Gasteiger partial charge in [0.15, 0.2) is 12.6 Å². The minimum Gasteiger partial charge on any atom is -0.394 e. The Morgan fingerprint density at radius 3 is 1.97 bits per heavy atom. The van der Waals surface area contributed by atoms with E-state index in [1.807, 2.05) is 0 Å². The molecule has 0 aromatic rings. The molecule has 2 aliphatic rings. The lowest BCUT2D eigenvalue weighted by atomic mass is 9.98. The number of aliphatic hydroxyl groups is 7. The van der Waals surface area contributed by atoms with Crippen molar-refractivity contribution in [3.8, 4) is 0 Å². The molecule has 0 bridgehead atoms. The molecule has 1 amide bonds. The Morgan fingerprint density at radius 1 is 0.824 bits per heavy atom. The van der Waals surface area contributed by atoms with E-state index in [0.29, 0.717) is 19.6 Å². The number of carbonyl (C=O) groups excluding carboxylic acids is 1. The molecule has 2 fully saturated rings. The van der Waals surface area contributed by atoms with Crippen LogP contribution in [0.1, 0.15) is 25.7 Å². The number of ether oxygens (including phenoxy) is 4. The van der Waals surface area contributed by atoms with Gasteiger partial charge in [-0.1, -0.05) is 19.4 Å². The quantitative estimate of drug-likeness (QED) is 0.0924. The number of nitrogens with one attached hydrogen (secondary N) is 1.